The topological polar surface area (TPSA) is 71.3 Å². The molecule has 0 saturated heterocycles. The first-order valence-corrected chi connectivity index (χ1v) is 8.67. The summed E-state index contributed by atoms with van der Waals surface area (Å²) in [6.07, 6.45) is 0.393. The first kappa shape index (κ1) is 19.9. The van der Waals surface area contributed by atoms with E-state index >= 15 is 0 Å². The van der Waals surface area contributed by atoms with Crippen LogP contribution in [0.3, 0.4) is 0 Å². The highest BCUT2D eigenvalue weighted by Crippen LogP contribution is 2.29. The lowest BCUT2D eigenvalue weighted by atomic mass is 10.1. The molecule has 0 aliphatic heterocycles. The molecule has 0 aliphatic carbocycles. The van der Waals surface area contributed by atoms with Crippen LogP contribution >= 0.6 is 23.2 Å². The van der Waals surface area contributed by atoms with Crippen LogP contribution in [0, 0.1) is 11.3 Å². The first-order valence-electron chi connectivity index (χ1n) is 7.91. The quantitative estimate of drug-likeness (QED) is 0.731. The van der Waals surface area contributed by atoms with Crippen LogP contribution in [0.15, 0.2) is 36.4 Å². The van der Waals surface area contributed by atoms with Gasteiger partial charge in [-0.15, -0.1) is 0 Å². The van der Waals surface area contributed by atoms with Crippen LogP contribution in [0.5, 0.6) is 11.5 Å². The summed E-state index contributed by atoms with van der Waals surface area (Å²) in [5.74, 6) is 0.976. The molecule has 0 atom stereocenters. The smallest absolute Gasteiger partial charge is 0.234 e. The Kier molecular flexibility index (Phi) is 7.58. The molecule has 0 unspecified atom stereocenters. The highest BCUT2D eigenvalue weighted by atomic mass is 35.5. The van der Waals surface area contributed by atoms with Crippen molar-refractivity contribution in [2.45, 2.75) is 19.4 Å². The van der Waals surface area contributed by atoms with Gasteiger partial charge in [-0.25, -0.2) is 0 Å². The SMILES string of the molecule is COc1ccc(CCNC(=O)CC#N)c(OCc2c(Cl)cccc2Cl)c1. The van der Waals surface area contributed by atoms with E-state index in [1.807, 2.05) is 18.2 Å². The molecule has 136 valence electrons. The Morgan fingerprint density at radius 2 is 1.96 bits per heavy atom. The van der Waals surface area contributed by atoms with E-state index in [9.17, 15) is 4.79 Å². The van der Waals surface area contributed by atoms with Crippen LogP contribution in [0.2, 0.25) is 10.0 Å². The summed E-state index contributed by atoms with van der Waals surface area (Å²) in [7, 11) is 1.58. The standard InChI is InChI=1S/C19H18Cl2N2O3/c1-25-14-6-5-13(8-10-23-19(24)7-9-22)18(11-14)26-12-15-16(20)3-2-4-17(15)21/h2-6,11H,7-8,10,12H2,1H3,(H,23,24). The normalized spacial score (nSPS) is 10.1. The Labute approximate surface area is 162 Å². The molecule has 5 nitrogen and oxygen atoms in total. The Morgan fingerprint density at radius 3 is 2.62 bits per heavy atom. The van der Waals surface area contributed by atoms with Crippen LogP contribution in [-0.4, -0.2) is 19.6 Å². The molecule has 0 fully saturated rings. The number of hydrogen-bond acceptors (Lipinski definition) is 4. The third-order valence-corrected chi connectivity index (χ3v) is 4.37. The zero-order valence-corrected chi connectivity index (χ0v) is 15.7. The van der Waals surface area contributed by atoms with Gasteiger partial charge in [0.2, 0.25) is 5.91 Å². The monoisotopic (exact) mass is 392 g/mol. The molecule has 0 spiro atoms. The van der Waals surface area contributed by atoms with Crippen molar-refractivity contribution in [3.8, 4) is 17.6 Å². The maximum atomic E-state index is 11.4. The van der Waals surface area contributed by atoms with E-state index in [1.165, 1.54) is 0 Å². The number of amides is 1. The number of ether oxygens (including phenoxy) is 2. The van der Waals surface area contributed by atoms with Crippen LogP contribution in [0.4, 0.5) is 0 Å². The van der Waals surface area contributed by atoms with Crippen LogP contribution in [-0.2, 0) is 17.8 Å². The van der Waals surface area contributed by atoms with Crippen molar-refractivity contribution >= 4 is 29.1 Å². The van der Waals surface area contributed by atoms with E-state index in [4.69, 9.17) is 37.9 Å². The average molecular weight is 393 g/mol. The van der Waals surface area contributed by atoms with E-state index < -0.39 is 0 Å². The third-order valence-electron chi connectivity index (χ3n) is 3.66. The maximum absolute atomic E-state index is 11.4. The van der Waals surface area contributed by atoms with Gasteiger partial charge in [0, 0.05) is 28.2 Å². The first-order chi connectivity index (χ1) is 12.5. The van der Waals surface area contributed by atoms with Gasteiger partial charge in [0.05, 0.1) is 13.2 Å². The molecular weight excluding hydrogens is 375 g/mol. The maximum Gasteiger partial charge on any atom is 0.234 e. The molecule has 2 rings (SSSR count). The number of benzene rings is 2. The van der Waals surface area contributed by atoms with E-state index in [1.54, 1.807) is 31.4 Å². The van der Waals surface area contributed by atoms with E-state index in [0.717, 1.165) is 5.56 Å². The molecule has 0 radical (unpaired) electrons. The van der Waals surface area contributed by atoms with Crippen molar-refractivity contribution in [1.82, 2.24) is 5.32 Å². The molecule has 1 N–H and O–H groups in total. The largest absolute Gasteiger partial charge is 0.497 e. The minimum atomic E-state index is -0.300. The van der Waals surface area contributed by atoms with Gasteiger partial charge in [0.15, 0.2) is 0 Å². The summed E-state index contributed by atoms with van der Waals surface area (Å²) in [5.41, 5.74) is 1.60. The molecule has 7 heteroatoms. The Balaban J connectivity index is 2.10. The van der Waals surface area contributed by atoms with Gasteiger partial charge >= 0.3 is 0 Å². The summed E-state index contributed by atoms with van der Waals surface area (Å²) < 4.78 is 11.2. The van der Waals surface area contributed by atoms with Gasteiger partial charge in [-0.2, -0.15) is 5.26 Å². The molecule has 0 saturated carbocycles. The molecule has 26 heavy (non-hydrogen) atoms. The summed E-state index contributed by atoms with van der Waals surface area (Å²) in [6.45, 7) is 0.607. The molecule has 1 amide bonds. The van der Waals surface area contributed by atoms with E-state index in [0.29, 0.717) is 40.1 Å². The zero-order valence-electron chi connectivity index (χ0n) is 14.2. The van der Waals surface area contributed by atoms with Crippen molar-refractivity contribution in [3.63, 3.8) is 0 Å². The fourth-order valence-corrected chi connectivity index (χ4v) is 2.80. The fraction of sp³-hybridized carbons (Fsp3) is 0.263. The molecule has 0 aromatic heterocycles. The van der Waals surface area contributed by atoms with Crippen LogP contribution in [0.25, 0.3) is 0 Å². The summed E-state index contributed by atoms with van der Waals surface area (Å²) >= 11 is 12.4. The molecule has 2 aromatic carbocycles. The molecule has 0 bridgehead atoms. The van der Waals surface area contributed by atoms with Crippen molar-refractivity contribution in [3.05, 3.63) is 57.6 Å². The number of hydrogen-bond donors (Lipinski definition) is 1. The zero-order chi connectivity index (χ0) is 18.9. The number of nitrogens with one attached hydrogen (secondary N) is 1. The minimum absolute atomic E-state index is 0.156. The van der Waals surface area contributed by atoms with Crippen molar-refractivity contribution in [2.75, 3.05) is 13.7 Å². The van der Waals surface area contributed by atoms with E-state index in [-0.39, 0.29) is 18.9 Å². The van der Waals surface area contributed by atoms with Gasteiger partial charge in [-0.3, -0.25) is 4.79 Å². The minimum Gasteiger partial charge on any atom is -0.497 e. The predicted molar refractivity (Wildman–Crippen MR) is 101 cm³/mol. The number of carbonyl (C=O) groups is 1. The molecule has 0 heterocycles. The second-order valence-electron chi connectivity index (χ2n) is 5.40. The predicted octanol–water partition coefficient (Wildman–Crippen LogP) is 4.15. The van der Waals surface area contributed by atoms with E-state index in [2.05, 4.69) is 5.32 Å². The third kappa shape index (κ3) is 5.55. The second kappa shape index (κ2) is 9.91. The van der Waals surface area contributed by atoms with Crippen molar-refractivity contribution < 1.29 is 14.3 Å². The number of carbonyl (C=O) groups excluding carboxylic acids is 1. The Morgan fingerprint density at radius 1 is 1.23 bits per heavy atom. The lowest BCUT2D eigenvalue weighted by molar-refractivity contribution is -0.120. The van der Waals surface area contributed by atoms with Crippen LogP contribution < -0.4 is 14.8 Å². The van der Waals surface area contributed by atoms with Gasteiger partial charge in [0.1, 0.15) is 24.5 Å². The lowest BCUT2D eigenvalue weighted by Crippen LogP contribution is -2.25. The van der Waals surface area contributed by atoms with Gasteiger partial charge in [0.25, 0.3) is 0 Å². The summed E-state index contributed by atoms with van der Waals surface area (Å²) in [4.78, 5) is 11.4. The number of rotatable bonds is 8. The number of nitriles is 1. The number of methoxy groups -OCH3 is 1. The molecule has 2 aromatic rings. The molecular formula is C19H18Cl2N2O3. The number of halogens is 2. The van der Waals surface area contributed by atoms with Gasteiger partial charge in [-0.1, -0.05) is 35.3 Å². The van der Waals surface area contributed by atoms with Crippen molar-refractivity contribution in [1.29, 1.82) is 5.26 Å². The van der Waals surface area contributed by atoms with Gasteiger partial charge in [-0.05, 0) is 30.2 Å². The highest BCUT2D eigenvalue weighted by Gasteiger charge is 2.11. The van der Waals surface area contributed by atoms with Gasteiger partial charge < -0.3 is 14.8 Å². The average Bonchev–Trinajstić information content (AvgIpc) is 2.62. The lowest BCUT2D eigenvalue weighted by Gasteiger charge is -2.14. The molecule has 0 aliphatic rings. The fourth-order valence-electron chi connectivity index (χ4n) is 2.29. The second-order valence-corrected chi connectivity index (χ2v) is 6.21. The van der Waals surface area contributed by atoms with Crippen LogP contribution in [0.1, 0.15) is 17.5 Å². The summed E-state index contributed by atoms with van der Waals surface area (Å²) in [6, 6.07) is 12.6. The Hall–Kier alpha value is -2.42. The summed E-state index contributed by atoms with van der Waals surface area (Å²) in [5, 5.41) is 12.3. The number of nitrogens with zero attached hydrogens (tertiary/aromatic N) is 1. The van der Waals surface area contributed by atoms with Crippen molar-refractivity contribution in [2.24, 2.45) is 0 Å². The Bertz CT molecular complexity index is 799. The highest BCUT2D eigenvalue weighted by molar-refractivity contribution is 6.35.